The van der Waals surface area contributed by atoms with Gasteiger partial charge in [-0.25, -0.2) is 8.42 Å². The van der Waals surface area contributed by atoms with Crippen LogP contribution in [-0.4, -0.2) is 42.6 Å². The van der Waals surface area contributed by atoms with Crippen molar-refractivity contribution in [2.24, 2.45) is 0 Å². The maximum absolute atomic E-state index is 13.5. The fraction of sp³-hybridized carbons (Fsp3) is 0.250. The molecule has 7 heteroatoms. The molecule has 162 valence electrons. The topological polar surface area (TPSA) is 87.1 Å². The van der Waals surface area contributed by atoms with E-state index in [1.165, 1.54) is 17.5 Å². The number of benzene rings is 3. The molecule has 1 aliphatic heterocycles. The van der Waals surface area contributed by atoms with Crippen LogP contribution in [0, 0.1) is 0 Å². The van der Waals surface area contributed by atoms with E-state index in [2.05, 4.69) is 0 Å². The van der Waals surface area contributed by atoms with Crippen LogP contribution in [0.2, 0.25) is 0 Å². The van der Waals surface area contributed by atoms with E-state index in [1.807, 2.05) is 30.3 Å². The van der Waals surface area contributed by atoms with Gasteiger partial charge < -0.3 is 14.9 Å². The first-order valence-electron chi connectivity index (χ1n) is 10.1. The Bertz CT molecular complexity index is 1160. The molecule has 0 radical (unpaired) electrons. The molecular formula is C24H25NO5S. The molecule has 0 fully saturated rings. The van der Waals surface area contributed by atoms with Crippen LogP contribution in [0.4, 0.5) is 0 Å². The number of phenols is 1. The van der Waals surface area contributed by atoms with Crippen molar-refractivity contribution in [2.75, 3.05) is 13.7 Å². The van der Waals surface area contributed by atoms with Gasteiger partial charge in [0.1, 0.15) is 0 Å². The summed E-state index contributed by atoms with van der Waals surface area (Å²) in [6.07, 6.45) is -0.372. The summed E-state index contributed by atoms with van der Waals surface area (Å²) in [6.45, 7) is 0.215. The van der Waals surface area contributed by atoms with Gasteiger partial charge in [0.15, 0.2) is 11.5 Å². The average Bonchev–Trinajstić information content (AvgIpc) is 2.79. The normalized spacial score (nSPS) is 20.2. The maximum Gasteiger partial charge on any atom is 0.243 e. The summed E-state index contributed by atoms with van der Waals surface area (Å²) in [6, 6.07) is 20.5. The zero-order valence-electron chi connectivity index (χ0n) is 17.2. The first-order chi connectivity index (χ1) is 14.9. The zero-order valence-corrected chi connectivity index (χ0v) is 18.0. The Labute approximate surface area is 182 Å². The Morgan fingerprint density at radius 3 is 2.42 bits per heavy atom. The maximum atomic E-state index is 13.5. The lowest BCUT2D eigenvalue weighted by Crippen LogP contribution is -2.49. The van der Waals surface area contributed by atoms with E-state index in [0.717, 1.165) is 5.56 Å². The Morgan fingerprint density at radius 2 is 1.68 bits per heavy atom. The molecule has 0 unspecified atom stereocenters. The molecule has 4 rings (SSSR count). The van der Waals surface area contributed by atoms with Gasteiger partial charge in [0.25, 0.3) is 0 Å². The largest absolute Gasteiger partial charge is 0.504 e. The molecule has 1 aliphatic rings. The van der Waals surface area contributed by atoms with Crippen molar-refractivity contribution in [1.82, 2.24) is 4.31 Å². The Morgan fingerprint density at radius 1 is 0.968 bits per heavy atom. The molecule has 3 aromatic rings. The van der Waals surface area contributed by atoms with E-state index in [1.54, 1.807) is 36.4 Å². The number of hydrogen-bond acceptors (Lipinski definition) is 5. The molecule has 2 N–H and O–H groups in total. The van der Waals surface area contributed by atoms with Gasteiger partial charge >= 0.3 is 0 Å². The van der Waals surface area contributed by atoms with E-state index in [4.69, 9.17) is 4.74 Å². The monoisotopic (exact) mass is 439 g/mol. The first kappa shape index (κ1) is 21.4. The highest BCUT2D eigenvalue weighted by Crippen LogP contribution is 2.40. The zero-order chi connectivity index (χ0) is 22.0. The van der Waals surface area contributed by atoms with Crippen LogP contribution in [0.1, 0.15) is 22.8 Å². The standard InChI is InChI=1S/C24H25NO5S/c1-30-21-12-7-10-18(23(21)26)16-20-24(27)19-11-5-6-13-22(19)31(28,29)25(20)15-14-17-8-3-2-4-9-17/h2-13,20,24,26-27H,14-16H2,1H3/t20-,24+/m1/s1. The minimum absolute atomic E-state index is 0.0449. The number of hydrogen-bond donors (Lipinski definition) is 2. The summed E-state index contributed by atoms with van der Waals surface area (Å²) >= 11 is 0. The number of aliphatic hydroxyl groups excluding tert-OH is 1. The van der Waals surface area contributed by atoms with Gasteiger partial charge in [-0.1, -0.05) is 60.7 Å². The number of aliphatic hydroxyl groups is 1. The Balaban J connectivity index is 1.74. The van der Waals surface area contributed by atoms with Crippen LogP contribution >= 0.6 is 0 Å². The number of phenolic OH excluding ortho intramolecular Hbond substituents is 1. The number of fused-ring (bicyclic) bond motifs is 1. The molecule has 2 atom stereocenters. The minimum atomic E-state index is -3.82. The number of nitrogens with zero attached hydrogens (tertiary/aromatic N) is 1. The minimum Gasteiger partial charge on any atom is -0.504 e. The number of methoxy groups -OCH3 is 1. The SMILES string of the molecule is COc1cccc(C[C@@H]2[C@@H](O)c3ccccc3S(=O)(=O)N2CCc2ccccc2)c1O. The Kier molecular flexibility index (Phi) is 6.00. The quantitative estimate of drug-likeness (QED) is 0.616. The van der Waals surface area contributed by atoms with Crippen LogP contribution in [0.5, 0.6) is 11.5 Å². The van der Waals surface area contributed by atoms with Crippen LogP contribution in [0.25, 0.3) is 0 Å². The molecule has 31 heavy (non-hydrogen) atoms. The van der Waals surface area contributed by atoms with Gasteiger partial charge in [-0.3, -0.25) is 0 Å². The van der Waals surface area contributed by atoms with Gasteiger partial charge in [0, 0.05) is 12.1 Å². The highest BCUT2D eigenvalue weighted by molar-refractivity contribution is 7.89. The van der Waals surface area contributed by atoms with Crippen molar-refractivity contribution in [3.8, 4) is 11.5 Å². The molecule has 0 aliphatic carbocycles. The Hall–Kier alpha value is -2.87. The molecule has 0 amide bonds. The van der Waals surface area contributed by atoms with Crippen molar-refractivity contribution < 1.29 is 23.4 Å². The second-order valence-electron chi connectivity index (χ2n) is 7.57. The average molecular weight is 440 g/mol. The second-order valence-corrected chi connectivity index (χ2v) is 9.43. The number of sulfonamides is 1. The number of ether oxygens (including phenoxy) is 1. The number of para-hydroxylation sites is 1. The summed E-state index contributed by atoms with van der Waals surface area (Å²) in [5.74, 6) is 0.262. The molecule has 0 spiro atoms. The van der Waals surface area contributed by atoms with Gasteiger partial charge in [0.2, 0.25) is 10.0 Å². The molecule has 0 aromatic heterocycles. The molecular weight excluding hydrogens is 414 g/mol. The first-order valence-corrected chi connectivity index (χ1v) is 11.5. The third kappa shape index (κ3) is 4.04. The predicted octanol–water partition coefficient (Wildman–Crippen LogP) is 3.29. The van der Waals surface area contributed by atoms with Crippen LogP contribution < -0.4 is 4.74 Å². The summed E-state index contributed by atoms with van der Waals surface area (Å²) < 4.78 is 33.6. The van der Waals surface area contributed by atoms with E-state index in [9.17, 15) is 18.6 Å². The van der Waals surface area contributed by atoms with E-state index in [0.29, 0.717) is 23.3 Å². The highest BCUT2D eigenvalue weighted by atomic mass is 32.2. The van der Waals surface area contributed by atoms with E-state index < -0.39 is 22.2 Å². The van der Waals surface area contributed by atoms with Crippen molar-refractivity contribution in [1.29, 1.82) is 0 Å². The molecule has 6 nitrogen and oxygen atoms in total. The molecule has 0 saturated heterocycles. The van der Waals surface area contributed by atoms with Gasteiger partial charge in [-0.2, -0.15) is 4.31 Å². The molecule has 1 heterocycles. The van der Waals surface area contributed by atoms with Crippen molar-refractivity contribution in [3.05, 3.63) is 89.5 Å². The van der Waals surface area contributed by atoms with Gasteiger partial charge in [0.05, 0.1) is 24.2 Å². The van der Waals surface area contributed by atoms with Crippen LogP contribution in [0.3, 0.4) is 0 Å². The second kappa shape index (κ2) is 8.70. The van der Waals surface area contributed by atoms with Crippen molar-refractivity contribution in [2.45, 2.75) is 29.9 Å². The van der Waals surface area contributed by atoms with Crippen molar-refractivity contribution >= 4 is 10.0 Å². The summed E-state index contributed by atoms with van der Waals surface area (Å²) in [5, 5.41) is 21.7. The van der Waals surface area contributed by atoms with Gasteiger partial charge in [-0.15, -0.1) is 0 Å². The molecule has 0 bridgehead atoms. The van der Waals surface area contributed by atoms with Crippen LogP contribution in [-0.2, 0) is 22.9 Å². The molecule has 3 aromatic carbocycles. The summed E-state index contributed by atoms with van der Waals surface area (Å²) in [5.41, 5.74) is 1.91. The lowest BCUT2D eigenvalue weighted by molar-refractivity contribution is 0.0797. The summed E-state index contributed by atoms with van der Waals surface area (Å²) in [4.78, 5) is 0.127. The summed E-state index contributed by atoms with van der Waals surface area (Å²) in [7, 11) is -2.36. The highest BCUT2D eigenvalue weighted by Gasteiger charge is 2.43. The third-order valence-electron chi connectivity index (χ3n) is 5.75. The van der Waals surface area contributed by atoms with Gasteiger partial charge in [-0.05, 0) is 36.1 Å². The number of rotatable bonds is 6. The lowest BCUT2D eigenvalue weighted by Gasteiger charge is -2.39. The predicted molar refractivity (Wildman–Crippen MR) is 118 cm³/mol. The molecule has 0 saturated carbocycles. The van der Waals surface area contributed by atoms with Crippen LogP contribution in [0.15, 0.2) is 77.7 Å². The smallest absolute Gasteiger partial charge is 0.243 e. The van der Waals surface area contributed by atoms with E-state index in [-0.39, 0.29) is 23.6 Å². The number of aromatic hydroxyl groups is 1. The van der Waals surface area contributed by atoms with Crippen molar-refractivity contribution in [3.63, 3.8) is 0 Å². The third-order valence-corrected chi connectivity index (χ3v) is 7.75. The fourth-order valence-corrected chi connectivity index (χ4v) is 6.00. The van der Waals surface area contributed by atoms with E-state index >= 15 is 0 Å². The fourth-order valence-electron chi connectivity index (χ4n) is 4.14. The lowest BCUT2D eigenvalue weighted by atomic mass is 9.94.